The summed E-state index contributed by atoms with van der Waals surface area (Å²) in [4.78, 5) is 23.2. The van der Waals surface area contributed by atoms with E-state index in [9.17, 15) is 13.6 Å². The molecule has 2 heterocycles. The lowest BCUT2D eigenvalue weighted by Gasteiger charge is -2.59. The Hall–Kier alpha value is -1.49. The van der Waals surface area contributed by atoms with Gasteiger partial charge in [-0.2, -0.15) is 5.10 Å². The van der Waals surface area contributed by atoms with Gasteiger partial charge in [-0.15, -0.1) is 0 Å². The Morgan fingerprint density at radius 1 is 1.36 bits per heavy atom. The maximum absolute atomic E-state index is 13.4. The predicted octanol–water partition coefficient (Wildman–Crippen LogP) is 4.92. The van der Waals surface area contributed by atoms with Gasteiger partial charge in [0.2, 0.25) is 6.41 Å². The van der Waals surface area contributed by atoms with Crippen molar-refractivity contribution < 1.29 is 13.6 Å². The summed E-state index contributed by atoms with van der Waals surface area (Å²) in [7, 11) is 0. The molecule has 196 valence electrons. The van der Waals surface area contributed by atoms with Crippen molar-refractivity contribution in [1.29, 1.82) is 5.41 Å². The lowest BCUT2D eigenvalue weighted by atomic mass is 9.56. The van der Waals surface area contributed by atoms with E-state index in [1.165, 1.54) is 30.8 Å². The van der Waals surface area contributed by atoms with Crippen LogP contribution in [0.1, 0.15) is 53.5 Å². The molecule has 12 heteroatoms. The smallest absolute Gasteiger partial charge is 0.279 e. The average molecular weight is 652 g/mol. The summed E-state index contributed by atoms with van der Waals surface area (Å²) < 4.78 is 28.0. The molecule has 0 bridgehead atoms. The van der Waals surface area contributed by atoms with Crippen LogP contribution in [0.25, 0.3) is 0 Å². The Labute approximate surface area is 229 Å². The monoisotopic (exact) mass is 651 g/mol. The van der Waals surface area contributed by atoms with Gasteiger partial charge in [0.05, 0.1) is 18.1 Å². The van der Waals surface area contributed by atoms with Gasteiger partial charge in [-0.3, -0.25) is 9.59 Å². The van der Waals surface area contributed by atoms with Gasteiger partial charge in [-0.25, -0.2) is 13.2 Å². The number of nitrogens with zero attached hydrogens (tertiary/aromatic N) is 3. The number of rotatable bonds is 9. The van der Waals surface area contributed by atoms with E-state index in [4.69, 9.17) is 21.8 Å². The molecular weight excluding hydrogens is 622 g/mol. The Bertz CT molecular complexity index is 1150. The quantitative estimate of drug-likeness (QED) is 0.174. The van der Waals surface area contributed by atoms with Crippen LogP contribution < -0.4 is 11.3 Å². The molecular formula is C24H30ClF2IN5O2P. The molecule has 0 radical (unpaired) electrons. The molecule has 1 aliphatic heterocycles. The summed E-state index contributed by atoms with van der Waals surface area (Å²) in [5.74, 6) is 0.635. The van der Waals surface area contributed by atoms with Crippen LogP contribution in [0.5, 0.6) is 0 Å². The Balaban J connectivity index is 0.00000115. The lowest BCUT2D eigenvalue weighted by Crippen LogP contribution is -2.62. The number of likely N-dealkylation sites (tertiary alicyclic amines) is 1. The van der Waals surface area contributed by atoms with Crippen molar-refractivity contribution in [2.45, 2.75) is 45.5 Å². The van der Waals surface area contributed by atoms with Crippen molar-refractivity contribution in [2.75, 3.05) is 19.6 Å². The van der Waals surface area contributed by atoms with Crippen LogP contribution in [-0.4, -0.2) is 46.7 Å². The van der Waals surface area contributed by atoms with Crippen LogP contribution in [0, 0.1) is 23.7 Å². The minimum atomic E-state index is -2.77. The van der Waals surface area contributed by atoms with Gasteiger partial charge in [0, 0.05) is 24.3 Å². The second-order valence-electron chi connectivity index (χ2n) is 9.50. The number of primary amides is 1. The number of aryl methyl sites for hydroxylation is 1. The topological polar surface area (TPSA) is 105 Å². The average Bonchev–Trinajstić information content (AvgIpc) is 2.78. The molecule has 2 fully saturated rings. The first-order chi connectivity index (χ1) is 17.2. The number of nitrogens with one attached hydrogen (secondary N) is 1. The molecule has 2 aromatic rings. The highest BCUT2D eigenvalue weighted by atomic mass is 127. The zero-order chi connectivity index (χ0) is 26.5. The first kappa shape index (κ1) is 29.1. The fraction of sp³-hybridized carbons (Fsp3) is 0.500. The van der Waals surface area contributed by atoms with Crippen molar-refractivity contribution in [1.82, 2.24) is 14.5 Å². The summed E-state index contributed by atoms with van der Waals surface area (Å²) in [6.45, 7) is 4.92. The van der Waals surface area contributed by atoms with Crippen LogP contribution in [0.15, 0.2) is 23.1 Å². The molecule has 3 N–H and O–H groups in total. The van der Waals surface area contributed by atoms with Gasteiger partial charge < -0.3 is 16.0 Å². The molecule has 1 aromatic heterocycles. The maximum atomic E-state index is 13.4. The second-order valence-corrected chi connectivity index (χ2v) is 12.0. The Morgan fingerprint density at radius 3 is 2.61 bits per heavy atom. The van der Waals surface area contributed by atoms with E-state index in [2.05, 4.69) is 21.8 Å². The number of halogens is 4. The van der Waals surface area contributed by atoms with Gasteiger partial charge in [0.1, 0.15) is 0 Å². The van der Waals surface area contributed by atoms with Crippen LogP contribution in [0.4, 0.5) is 8.78 Å². The highest BCUT2D eigenvalue weighted by Gasteiger charge is 2.51. The largest absolute Gasteiger partial charge is 0.372 e. The first-order valence-electron chi connectivity index (χ1n) is 11.6. The van der Waals surface area contributed by atoms with Gasteiger partial charge in [-0.1, -0.05) is 17.7 Å². The number of carbonyl (C=O) groups is 1. The number of aromatic nitrogens is 2. The molecule has 1 spiro atoms. The van der Waals surface area contributed by atoms with Crippen molar-refractivity contribution in [3.05, 3.63) is 61.5 Å². The zero-order valence-electron chi connectivity index (χ0n) is 19.9. The van der Waals surface area contributed by atoms with Gasteiger partial charge in [0.25, 0.3) is 12.0 Å². The fourth-order valence-corrected chi connectivity index (χ4v) is 7.06. The third-order valence-electron chi connectivity index (χ3n) is 7.07. The summed E-state index contributed by atoms with van der Waals surface area (Å²) in [5, 5.41) is 12.5. The maximum Gasteiger partial charge on any atom is 0.279 e. The zero-order valence-corrected chi connectivity index (χ0v) is 23.9. The third-order valence-corrected chi connectivity index (χ3v) is 9.33. The predicted molar refractivity (Wildman–Crippen MR) is 149 cm³/mol. The van der Waals surface area contributed by atoms with Crippen molar-refractivity contribution in [2.24, 2.45) is 17.1 Å². The number of amides is 1. The summed E-state index contributed by atoms with van der Waals surface area (Å²) in [6, 6.07) is 3.98. The van der Waals surface area contributed by atoms with E-state index in [1.54, 1.807) is 0 Å². The van der Waals surface area contributed by atoms with Crippen molar-refractivity contribution in [3.8, 4) is 0 Å². The van der Waals surface area contributed by atoms with Gasteiger partial charge in [-0.05, 0) is 107 Å². The minimum absolute atomic E-state index is 0.0122. The number of benzene rings is 1. The Morgan fingerprint density at radius 2 is 2.03 bits per heavy atom. The van der Waals surface area contributed by atoms with E-state index in [0.717, 1.165) is 48.1 Å². The third kappa shape index (κ3) is 6.49. The number of hydrogen-bond donors (Lipinski definition) is 2. The number of carbonyl (C=O) groups excluding carboxylic acids is 1. The number of alkyl halides is 2. The molecule has 1 aliphatic carbocycles. The van der Waals surface area contributed by atoms with Crippen molar-refractivity contribution >= 4 is 52.6 Å². The molecule has 2 aliphatic rings. The van der Waals surface area contributed by atoms with Crippen molar-refractivity contribution in [3.63, 3.8) is 0 Å². The highest BCUT2D eigenvalue weighted by molar-refractivity contribution is 14.2. The summed E-state index contributed by atoms with van der Waals surface area (Å²) >= 11 is 8.17. The molecule has 1 saturated carbocycles. The Kier molecular flexibility index (Phi) is 10.4. The summed E-state index contributed by atoms with van der Waals surface area (Å²) in [5.41, 5.74) is 7.01. The molecule has 1 aromatic carbocycles. The molecule has 1 unspecified atom stereocenters. The van der Waals surface area contributed by atoms with Gasteiger partial charge in [0.15, 0.2) is 0 Å². The second kappa shape index (κ2) is 12.8. The normalized spacial score (nSPS) is 17.1. The van der Waals surface area contributed by atoms with Crippen LogP contribution in [0.2, 0.25) is 5.02 Å². The number of nitrogens with two attached hydrogens (primary N) is 1. The lowest BCUT2D eigenvalue weighted by molar-refractivity contribution is -0.106. The highest BCUT2D eigenvalue weighted by Crippen LogP contribution is 2.53. The van der Waals surface area contributed by atoms with Crippen LogP contribution >= 0.6 is 40.0 Å². The fourth-order valence-electron chi connectivity index (χ4n) is 5.56. The van der Waals surface area contributed by atoms with E-state index < -0.39 is 17.5 Å². The first-order valence-corrected chi connectivity index (χ1v) is 16.0. The molecule has 1 saturated heterocycles. The van der Waals surface area contributed by atoms with E-state index in [1.807, 2.05) is 35.0 Å². The molecule has 1 atom stereocenters. The molecule has 4 rings (SSSR count). The van der Waals surface area contributed by atoms with Crippen LogP contribution in [0.3, 0.4) is 0 Å². The van der Waals surface area contributed by atoms with E-state index in [0.29, 0.717) is 28.3 Å². The van der Waals surface area contributed by atoms with E-state index in [-0.39, 0.29) is 12.8 Å². The number of hydrogen-bond acceptors (Lipinski definition) is 5. The van der Waals surface area contributed by atoms with E-state index >= 15 is 0 Å². The minimum Gasteiger partial charge on any atom is -0.372 e. The standard InChI is InChI=1S/C23H27ClF2IN4OP.CH3NO/c1-14-18(10-28)16(4-5-19(14)24)7-15-8-23(9-15)12-30(13-23)6-2-3-17-11-29-31(33-27)22(32)20(17)21(25)26;2-1-3/h4-5,10-11,15,21,28,33H,2-3,6-9,12-13H2,1H3;1H,(H2,2,3). The summed E-state index contributed by atoms with van der Waals surface area (Å²) in [6.07, 6.45) is 4.89. The van der Waals surface area contributed by atoms with Crippen LogP contribution in [-0.2, 0) is 17.6 Å². The van der Waals surface area contributed by atoms with Gasteiger partial charge >= 0.3 is 0 Å². The molecule has 7 nitrogen and oxygen atoms in total. The SMILES string of the molecule is Cc1c(Cl)ccc(CC2CC3(C2)CN(CCCc2cnn(PI)c(=O)c2C(F)F)C3)c1C=N.NC=O. The molecule has 1 amide bonds. The molecule has 36 heavy (non-hydrogen) atoms.